The molecule has 0 saturated heterocycles. The maximum Gasteiger partial charge on any atom is 0.315 e. The van der Waals surface area contributed by atoms with Gasteiger partial charge in [-0.15, -0.1) is 11.3 Å². The summed E-state index contributed by atoms with van der Waals surface area (Å²) in [6, 6.07) is 10.8. The molecule has 0 aliphatic heterocycles. The maximum atomic E-state index is 12.1. The molecule has 2 heterocycles. The van der Waals surface area contributed by atoms with Gasteiger partial charge in [-0.1, -0.05) is 18.2 Å². The third-order valence-corrected chi connectivity index (χ3v) is 4.93. The molecule has 6 nitrogen and oxygen atoms in total. The number of fused-ring (bicyclic) bond motifs is 1. The third kappa shape index (κ3) is 3.58. The zero-order chi connectivity index (χ0) is 17.2. The number of carbonyl (C=O) groups excluding carboxylic acids is 1. The van der Waals surface area contributed by atoms with Crippen molar-refractivity contribution in [2.75, 3.05) is 6.54 Å². The highest BCUT2D eigenvalue weighted by atomic mass is 32.1. The van der Waals surface area contributed by atoms with E-state index in [9.17, 15) is 9.90 Å². The van der Waals surface area contributed by atoms with Crippen LogP contribution < -0.4 is 10.6 Å². The predicted molar refractivity (Wildman–Crippen MR) is 94.9 cm³/mol. The summed E-state index contributed by atoms with van der Waals surface area (Å²) in [4.78, 5) is 20.6. The number of hydrogen-bond donors (Lipinski definition) is 4. The molecule has 3 aromatic rings. The average molecular weight is 344 g/mol. The average Bonchev–Trinajstić information content (AvgIpc) is 3.22. The summed E-state index contributed by atoms with van der Waals surface area (Å²) >= 11 is 1.46. The van der Waals surface area contributed by atoms with Crippen LogP contribution in [0.25, 0.3) is 11.0 Å². The molecular formula is C17H20N4O2S. The van der Waals surface area contributed by atoms with Crippen LogP contribution in [0.4, 0.5) is 4.79 Å². The number of aromatic amines is 1. The van der Waals surface area contributed by atoms with Gasteiger partial charge in [-0.05, 0) is 37.4 Å². The van der Waals surface area contributed by atoms with E-state index in [1.807, 2.05) is 48.7 Å². The number of H-pyrrole nitrogens is 1. The second-order valence-electron chi connectivity index (χ2n) is 5.94. The van der Waals surface area contributed by atoms with Crippen molar-refractivity contribution in [2.45, 2.75) is 25.5 Å². The van der Waals surface area contributed by atoms with Crippen molar-refractivity contribution in [3.8, 4) is 0 Å². The third-order valence-electron chi connectivity index (χ3n) is 3.81. The number of imidazole rings is 1. The van der Waals surface area contributed by atoms with Crippen molar-refractivity contribution in [2.24, 2.45) is 0 Å². The van der Waals surface area contributed by atoms with Gasteiger partial charge in [-0.3, -0.25) is 0 Å². The smallest absolute Gasteiger partial charge is 0.315 e. The number of carbonyl (C=O) groups is 1. The van der Waals surface area contributed by atoms with Gasteiger partial charge in [0, 0.05) is 4.88 Å². The monoisotopic (exact) mass is 344 g/mol. The highest BCUT2D eigenvalue weighted by Crippen LogP contribution is 2.24. The minimum Gasteiger partial charge on any atom is -0.383 e. The molecule has 2 amide bonds. The van der Waals surface area contributed by atoms with E-state index in [0.29, 0.717) is 5.82 Å². The summed E-state index contributed by atoms with van der Waals surface area (Å²) in [6.07, 6.45) is 0. The lowest BCUT2D eigenvalue weighted by Gasteiger charge is -2.23. The van der Waals surface area contributed by atoms with Crippen LogP contribution in [0.5, 0.6) is 0 Å². The fourth-order valence-electron chi connectivity index (χ4n) is 2.42. The number of aliphatic hydroxyl groups is 1. The van der Waals surface area contributed by atoms with Crippen LogP contribution in [0.15, 0.2) is 41.8 Å². The maximum absolute atomic E-state index is 12.1. The first-order chi connectivity index (χ1) is 11.5. The zero-order valence-electron chi connectivity index (χ0n) is 13.5. The van der Waals surface area contributed by atoms with E-state index < -0.39 is 5.60 Å². The number of rotatable bonds is 5. The quantitative estimate of drug-likeness (QED) is 0.574. The number of amides is 2. The molecule has 0 saturated carbocycles. The van der Waals surface area contributed by atoms with Crippen molar-refractivity contribution < 1.29 is 9.90 Å². The molecular weight excluding hydrogens is 324 g/mol. The number of nitrogens with zero attached hydrogens (tertiary/aromatic N) is 1. The van der Waals surface area contributed by atoms with Crippen LogP contribution >= 0.6 is 11.3 Å². The number of urea groups is 1. The summed E-state index contributed by atoms with van der Waals surface area (Å²) in [5, 5.41) is 17.8. The van der Waals surface area contributed by atoms with Gasteiger partial charge >= 0.3 is 6.03 Å². The number of nitrogens with one attached hydrogen (secondary N) is 3. The topological polar surface area (TPSA) is 90.0 Å². The second kappa shape index (κ2) is 6.62. The highest BCUT2D eigenvalue weighted by Gasteiger charge is 2.25. The van der Waals surface area contributed by atoms with Crippen molar-refractivity contribution in [1.82, 2.24) is 20.6 Å². The van der Waals surface area contributed by atoms with E-state index in [2.05, 4.69) is 20.6 Å². The van der Waals surface area contributed by atoms with E-state index in [1.54, 1.807) is 6.92 Å². The molecule has 0 aliphatic carbocycles. The Morgan fingerprint density at radius 2 is 2.17 bits per heavy atom. The predicted octanol–water partition coefficient (Wildman–Crippen LogP) is 2.89. The van der Waals surface area contributed by atoms with E-state index in [-0.39, 0.29) is 18.6 Å². The Labute approximate surface area is 143 Å². The van der Waals surface area contributed by atoms with Gasteiger partial charge < -0.3 is 20.7 Å². The van der Waals surface area contributed by atoms with E-state index in [1.165, 1.54) is 11.3 Å². The molecule has 2 unspecified atom stereocenters. The summed E-state index contributed by atoms with van der Waals surface area (Å²) in [5.74, 6) is 0.691. The standard InChI is InChI=1S/C17H20N4O2S/c1-11(15-20-12-6-3-4-7-13(12)21-15)19-16(22)18-10-17(2,23)14-8-5-9-24-14/h3-9,11,23H,10H2,1-2H3,(H,20,21)(H2,18,19,22). The van der Waals surface area contributed by atoms with Gasteiger partial charge in [-0.25, -0.2) is 9.78 Å². The molecule has 0 fully saturated rings. The summed E-state index contributed by atoms with van der Waals surface area (Å²) < 4.78 is 0. The molecule has 1 aromatic carbocycles. The molecule has 0 bridgehead atoms. The first-order valence-corrected chi connectivity index (χ1v) is 8.59. The van der Waals surface area contributed by atoms with Crippen LogP contribution in [0, 0.1) is 0 Å². The van der Waals surface area contributed by atoms with Crippen LogP contribution in [-0.2, 0) is 5.60 Å². The molecule has 0 radical (unpaired) electrons. The molecule has 3 rings (SSSR count). The Kier molecular flexibility index (Phi) is 4.55. The lowest BCUT2D eigenvalue weighted by Crippen LogP contribution is -2.44. The van der Waals surface area contributed by atoms with E-state index in [0.717, 1.165) is 15.9 Å². The Bertz CT molecular complexity index is 793. The summed E-state index contributed by atoms with van der Waals surface area (Å²) in [6.45, 7) is 3.67. The fraction of sp³-hybridized carbons (Fsp3) is 0.294. The first-order valence-electron chi connectivity index (χ1n) is 7.71. The van der Waals surface area contributed by atoms with Gasteiger partial charge in [0.05, 0.1) is 23.6 Å². The van der Waals surface area contributed by atoms with Crippen LogP contribution in [-0.4, -0.2) is 27.7 Å². The fourth-order valence-corrected chi connectivity index (χ4v) is 3.21. The number of thiophene rings is 1. The normalized spacial score (nSPS) is 15.0. The number of benzene rings is 1. The molecule has 126 valence electrons. The Morgan fingerprint density at radius 1 is 1.38 bits per heavy atom. The van der Waals surface area contributed by atoms with Crippen LogP contribution in [0.3, 0.4) is 0 Å². The molecule has 2 aromatic heterocycles. The first kappa shape index (κ1) is 16.5. The molecule has 24 heavy (non-hydrogen) atoms. The minimum absolute atomic E-state index is 0.131. The Hall–Kier alpha value is -2.38. The van der Waals surface area contributed by atoms with Crippen molar-refractivity contribution in [3.05, 3.63) is 52.5 Å². The number of hydrogen-bond acceptors (Lipinski definition) is 4. The minimum atomic E-state index is -1.09. The largest absolute Gasteiger partial charge is 0.383 e. The molecule has 7 heteroatoms. The van der Waals surface area contributed by atoms with E-state index in [4.69, 9.17) is 0 Å². The molecule has 0 aliphatic rings. The number of aromatic nitrogens is 2. The molecule has 2 atom stereocenters. The molecule has 4 N–H and O–H groups in total. The van der Waals surface area contributed by atoms with Crippen molar-refractivity contribution in [1.29, 1.82) is 0 Å². The van der Waals surface area contributed by atoms with Gasteiger partial charge in [0.25, 0.3) is 0 Å². The molecule has 0 spiro atoms. The summed E-state index contributed by atoms with van der Waals surface area (Å²) in [7, 11) is 0. The van der Waals surface area contributed by atoms with Crippen LogP contribution in [0.1, 0.15) is 30.6 Å². The lowest BCUT2D eigenvalue weighted by atomic mass is 10.1. The SMILES string of the molecule is CC(NC(=O)NCC(C)(O)c1cccs1)c1nc2ccccc2[nH]1. The number of para-hydroxylation sites is 2. The Morgan fingerprint density at radius 3 is 2.88 bits per heavy atom. The lowest BCUT2D eigenvalue weighted by molar-refractivity contribution is 0.0630. The summed E-state index contributed by atoms with van der Waals surface area (Å²) in [5.41, 5.74) is 0.707. The second-order valence-corrected chi connectivity index (χ2v) is 6.89. The zero-order valence-corrected chi connectivity index (χ0v) is 14.4. The highest BCUT2D eigenvalue weighted by molar-refractivity contribution is 7.10. The Balaban J connectivity index is 1.58. The van der Waals surface area contributed by atoms with Gasteiger partial charge in [0.1, 0.15) is 11.4 Å². The van der Waals surface area contributed by atoms with Crippen LogP contribution in [0.2, 0.25) is 0 Å². The van der Waals surface area contributed by atoms with Gasteiger partial charge in [-0.2, -0.15) is 0 Å². The van der Waals surface area contributed by atoms with E-state index >= 15 is 0 Å². The van der Waals surface area contributed by atoms with Gasteiger partial charge in [0.15, 0.2) is 0 Å². The van der Waals surface area contributed by atoms with Gasteiger partial charge in [0.2, 0.25) is 0 Å². The van der Waals surface area contributed by atoms with Crippen molar-refractivity contribution in [3.63, 3.8) is 0 Å². The van der Waals surface area contributed by atoms with Crippen molar-refractivity contribution >= 4 is 28.4 Å².